The average Bonchev–Trinajstić information content (AvgIpc) is 2.48. The second-order valence-electron chi connectivity index (χ2n) is 2.57. The smallest absolute Gasteiger partial charge is 0.311 e. The Morgan fingerprint density at radius 2 is 2.38 bits per heavy atom. The maximum atomic E-state index is 10.5. The molecular weight excluding hydrogens is 172 g/mol. The number of nitrogen functional groups attached to an aromatic ring is 1. The van der Waals surface area contributed by atoms with Gasteiger partial charge in [-0.3, -0.25) is 10.1 Å². The minimum atomic E-state index is -0.547. The molecule has 0 saturated heterocycles. The third-order valence-corrected chi connectivity index (χ3v) is 1.74. The lowest BCUT2D eigenvalue weighted by Gasteiger charge is -1.95. The Labute approximate surface area is 72.5 Å². The van der Waals surface area contributed by atoms with Gasteiger partial charge in [0.15, 0.2) is 0 Å². The number of pyridine rings is 1. The zero-order chi connectivity index (χ0) is 9.42. The van der Waals surface area contributed by atoms with Crippen LogP contribution in [0.2, 0.25) is 0 Å². The normalized spacial score (nSPS) is 10.5. The van der Waals surface area contributed by atoms with E-state index in [1.165, 1.54) is 6.07 Å². The zero-order valence-corrected chi connectivity index (χ0v) is 6.52. The molecule has 3 N–H and O–H groups in total. The predicted molar refractivity (Wildman–Crippen MR) is 47.2 cm³/mol. The minimum Gasteiger partial charge on any atom is -0.378 e. The van der Waals surface area contributed by atoms with Gasteiger partial charge in [-0.05, 0) is 6.07 Å². The lowest BCUT2D eigenvalue weighted by Crippen LogP contribution is -1.98. The third-order valence-electron chi connectivity index (χ3n) is 1.74. The molecule has 0 saturated carbocycles. The molecule has 0 aliphatic rings. The van der Waals surface area contributed by atoms with Crippen molar-refractivity contribution < 1.29 is 4.92 Å². The first-order chi connectivity index (χ1) is 6.18. The molecule has 0 unspecified atom stereocenters. The highest BCUT2D eigenvalue weighted by molar-refractivity contribution is 5.81. The summed E-state index contributed by atoms with van der Waals surface area (Å²) < 4.78 is 0. The van der Waals surface area contributed by atoms with Gasteiger partial charge in [-0.25, -0.2) is 4.98 Å². The van der Waals surface area contributed by atoms with Crippen LogP contribution in [0.3, 0.4) is 0 Å². The number of nitrogens with zero attached hydrogens (tertiary/aromatic N) is 2. The van der Waals surface area contributed by atoms with Gasteiger partial charge in [-0.1, -0.05) is 0 Å². The number of aromatic nitrogens is 2. The summed E-state index contributed by atoms with van der Waals surface area (Å²) in [6.07, 6.45) is 1.65. The Balaban J connectivity index is 2.76. The first-order valence-corrected chi connectivity index (χ1v) is 3.56. The van der Waals surface area contributed by atoms with Crippen molar-refractivity contribution in [3.63, 3.8) is 0 Å². The van der Waals surface area contributed by atoms with E-state index in [0.29, 0.717) is 11.0 Å². The van der Waals surface area contributed by atoms with Crippen molar-refractivity contribution in [3.8, 4) is 0 Å². The summed E-state index contributed by atoms with van der Waals surface area (Å²) in [4.78, 5) is 16.6. The third kappa shape index (κ3) is 1.08. The molecular formula is C7H6N4O2. The summed E-state index contributed by atoms with van der Waals surface area (Å²) in [5.74, 6) is -0.0695. The van der Waals surface area contributed by atoms with Crippen LogP contribution in [-0.2, 0) is 0 Å². The van der Waals surface area contributed by atoms with Crippen LogP contribution in [-0.4, -0.2) is 14.9 Å². The summed E-state index contributed by atoms with van der Waals surface area (Å²) in [7, 11) is 0. The van der Waals surface area contributed by atoms with Gasteiger partial charge >= 0.3 is 5.69 Å². The van der Waals surface area contributed by atoms with E-state index in [9.17, 15) is 10.1 Å². The number of anilines is 1. The standard InChI is InChI=1S/C7H6N4O2/c8-6-5(11(12)13)3-4-1-2-9-7(4)10-6/h1-3H,(H3,8,9,10). The van der Waals surface area contributed by atoms with Gasteiger partial charge < -0.3 is 10.7 Å². The molecule has 0 bridgehead atoms. The summed E-state index contributed by atoms with van der Waals surface area (Å²) in [5, 5.41) is 11.1. The van der Waals surface area contributed by atoms with Crippen molar-refractivity contribution in [2.24, 2.45) is 0 Å². The van der Waals surface area contributed by atoms with Gasteiger partial charge in [0.25, 0.3) is 0 Å². The van der Waals surface area contributed by atoms with Crippen LogP contribution in [0.1, 0.15) is 0 Å². The number of fused-ring (bicyclic) bond motifs is 1. The van der Waals surface area contributed by atoms with Gasteiger partial charge in [-0.15, -0.1) is 0 Å². The quantitative estimate of drug-likeness (QED) is 0.503. The van der Waals surface area contributed by atoms with Crippen molar-refractivity contribution in [2.45, 2.75) is 0 Å². The SMILES string of the molecule is Nc1nc2[nH]ccc2cc1[N+](=O)[O-]. The van der Waals surface area contributed by atoms with E-state index in [2.05, 4.69) is 9.97 Å². The minimum absolute atomic E-state index is 0.0695. The number of nitro groups is 1. The Morgan fingerprint density at radius 3 is 3.08 bits per heavy atom. The van der Waals surface area contributed by atoms with E-state index in [4.69, 9.17) is 5.73 Å². The van der Waals surface area contributed by atoms with Gasteiger partial charge in [0.05, 0.1) is 4.92 Å². The first-order valence-electron chi connectivity index (χ1n) is 3.56. The monoisotopic (exact) mass is 178 g/mol. The Morgan fingerprint density at radius 1 is 1.62 bits per heavy atom. The summed E-state index contributed by atoms with van der Waals surface area (Å²) in [5.41, 5.74) is 5.77. The van der Waals surface area contributed by atoms with Crippen molar-refractivity contribution in [3.05, 3.63) is 28.4 Å². The summed E-state index contributed by atoms with van der Waals surface area (Å²) >= 11 is 0. The second kappa shape index (κ2) is 2.44. The topological polar surface area (TPSA) is 97.8 Å². The molecule has 0 aliphatic heterocycles. The molecule has 13 heavy (non-hydrogen) atoms. The van der Waals surface area contributed by atoms with Crippen molar-refractivity contribution >= 4 is 22.5 Å². The van der Waals surface area contributed by atoms with Crippen LogP contribution in [0.5, 0.6) is 0 Å². The molecule has 2 rings (SSSR count). The van der Waals surface area contributed by atoms with Gasteiger partial charge in [0, 0.05) is 17.6 Å². The van der Waals surface area contributed by atoms with E-state index in [0.717, 1.165) is 0 Å². The predicted octanol–water partition coefficient (Wildman–Crippen LogP) is 1.05. The van der Waals surface area contributed by atoms with E-state index < -0.39 is 4.92 Å². The van der Waals surface area contributed by atoms with Crippen LogP contribution in [0.4, 0.5) is 11.5 Å². The molecule has 66 valence electrons. The van der Waals surface area contributed by atoms with Gasteiger partial charge in [-0.2, -0.15) is 0 Å². The molecule has 0 aliphatic carbocycles. The molecule has 0 atom stereocenters. The lowest BCUT2D eigenvalue weighted by molar-refractivity contribution is -0.384. The highest BCUT2D eigenvalue weighted by Crippen LogP contribution is 2.23. The number of hydrogen-bond donors (Lipinski definition) is 2. The summed E-state index contributed by atoms with van der Waals surface area (Å²) in [6, 6.07) is 3.10. The Bertz CT molecular complexity index is 476. The molecule has 2 heterocycles. The molecule has 6 nitrogen and oxygen atoms in total. The largest absolute Gasteiger partial charge is 0.378 e. The van der Waals surface area contributed by atoms with E-state index in [1.807, 2.05) is 0 Å². The maximum Gasteiger partial charge on any atom is 0.311 e. The van der Waals surface area contributed by atoms with Crippen LogP contribution in [0.25, 0.3) is 11.0 Å². The van der Waals surface area contributed by atoms with Crippen LogP contribution < -0.4 is 5.73 Å². The van der Waals surface area contributed by atoms with Crippen molar-refractivity contribution in [1.82, 2.24) is 9.97 Å². The van der Waals surface area contributed by atoms with Crippen LogP contribution in [0.15, 0.2) is 18.3 Å². The molecule has 0 fully saturated rings. The van der Waals surface area contributed by atoms with Gasteiger partial charge in [0.1, 0.15) is 5.65 Å². The fourth-order valence-corrected chi connectivity index (χ4v) is 1.13. The number of nitrogens with two attached hydrogens (primary N) is 1. The Hall–Kier alpha value is -2.11. The molecule has 2 aromatic heterocycles. The van der Waals surface area contributed by atoms with Crippen LogP contribution in [0, 0.1) is 10.1 Å². The van der Waals surface area contributed by atoms with Crippen molar-refractivity contribution in [2.75, 3.05) is 5.73 Å². The Kier molecular flexibility index (Phi) is 1.42. The molecule has 0 spiro atoms. The zero-order valence-electron chi connectivity index (χ0n) is 6.52. The molecule has 0 amide bonds. The van der Waals surface area contributed by atoms with E-state index in [-0.39, 0.29) is 11.5 Å². The number of rotatable bonds is 1. The number of nitrogens with one attached hydrogen (secondary N) is 1. The number of H-pyrrole nitrogens is 1. The molecule has 0 aromatic carbocycles. The number of aromatic amines is 1. The lowest BCUT2D eigenvalue weighted by atomic mass is 10.3. The molecule has 2 aromatic rings. The molecule has 6 heteroatoms. The number of hydrogen-bond acceptors (Lipinski definition) is 4. The fraction of sp³-hybridized carbons (Fsp3) is 0. The van der Waals surface area contributed by atoms with E-state index in [1.54, 1.807) is 12.3 Å². The van der Waals surface area contributed by atoms with E-state index >= 15 is 0 Å². The highest BCUT2D eigenvalue weighted by Gasteiger charge is 2.13. The first kappa shape index (κ1) is 7.53. The van der Waals surface area contributed by atoms with Gasteiger partial charge in [0.2, 0.25) is 5.82 Å². The highest BCUT2D eigenvalue weighted by atomic mass is 16.6. The maximum absolute atomic E-state index is 10.5. The van der Waals surface area contributed by atoms with Crippen LogP contribution >= 0.6 is 0 Å². The average molecular weight is 178 g/mol. The molecule has 0 radical (unpaired) electrons. The second-order valence-corrected chi connectivity index (χ2v) is 2.57. The summed E-state index contributed by atoms with van der Waals surface area (Å²) in [6.45, 7) is 0. The van der Waals surface area contributed by atoms with Crippen molar-refractivity contribution in [1.29, 1.82) is 0 Å². The fourth-order valence-electron chi connectivity index (χ4n) is 1.13.